The molecule has 0 aromatic heterocycles. The molecule has 1 aromatic rings. The van der Waals surface area contributed by atoms with E-state index in [9.17, 15) is 5.11 Å². The largest absolute Gasteiger partial charge is 0.508 e. The van der Waals surface area contributed by atoms with Crippen molar-refractivity contribution in [3.63, 3.8) is 0 Å². The Kier molecular flexibility index (Phi) is 4.92. The summed E-state index contributed by atoms with van der Waals surface area (Å²) in [5, 5.41) is 9.82. The first kappa shape index (κ1) is 17.5. The number of hydrogen-bond acceptors (Lipinski definition) is 2. The first-order chi connectivity index (χ1) is 12.1. The van der Waals surface area contributed by atoms with Crippen molar-refractivity contribution in [3.8, 4) is 5.75 Å². The van der Waals surface area contributed by atoms with Gasteiger partial charge in [0.05, 0.1) is 0 Å². The van der Waals surface area contributed by atoms with E-state index in [1.807, 2.05) is 23.9 Å². The molecule has 1 nitrogen and oxygen atoms in total. The number of phenols is 1. The minimum absolute atomic E-state index is 0.439. The Bertz CT molecular complexity index is 651. The van der Waals surface area contributed by atoms with Crippen LogP contribution in [0.5, 0.6) is 5.75 Å². The molecule has 136 valence electrons. The molecule has 2 fully saturated rings. The van der Waals surface area contributed by atoms with E-state index in [-0.39, 0.29) is 0 Å². The van der Waals surface area contributed by atoms with Crippen molar-refractivity contribution in [2.24, 2.45) is 23.2 Å². The van der Waals surface area contributed by atoms with Gasteiger partial charge in [-0.1, -0.05) is 25.1 Å². The van der Waals surface area contributed by atoms with Gasteiger partial charge in [0.1, 0.15) is 5.75 Å². The maximum absolute atomic E-state index is 9.82. The molecule has 25 heavy (non-hydrogen) atoms. The Morgan fingerprint density at radius 3 is 2.96 bits per heavy atom. The molecule has 5 atom stereocenters. The summed E-state index contributed by atoms with van der Waals surface area (Å²) in [5.74, 6) is 4.97. The Hall–Kier alpha value is -0.890. The van der Waals surface area contributed by atoms with Crippen LogP contribution in [0.1, 0.15) is 62.5 Å². The van der Waals surface area contributed by atoms with Crippen LogP contribution in [-0.4, -0.2) is 17.1 Å². The molecule has 0 saturated heterocycles. The fraction of sp³-hybridized carbons (Fsp3) is 0.652. The third kappa shape index (κ3) is 3.05. The van der Waals surface area contributed by atoms with Crippen molar-refractivity contribution in [1.29, 1.82) is 0 Å². The minimum Gasteiger partial charge on any atom is -0.508 e. The zero-order valence-corrected chi connectivity index (χ0v) is 16.5. The summed E-state index contributed by atoms with van der Waals surface area (Å²) in [6.07, 6.45) is 16.5. The van der Waals surface area contributed by atoms with E-state index in [4.69, 9.17) is 0 Å². The van der Waals surface area contributed by atoms with E-state index in [1.165, 1.54) is 49.8 Å². The van der Waals surface area contributed by atoms with E-state index in [0.717, 1.165) is 30.1 Å². The first-order valence-electron chi connectivity index (χ1n) is 10.1. The normalized spacial score (nSPS) is 36.9. The van der Waals surface area contributed by atoms with Crippen LogP contribution in [0.4, 0.5) is 0 Å². The molecule has 0 heterocycles. The minimum atomic E-state index is 0.439. The van der Waals surface area contributed by atoms with Gasteiger partial charge in [0, 0.05) is 0 Å². The van der Waals surface area contributed by atoms with Crippen LogP contribution >= 0.6 is 11.8 Å². The Balaban J connectivity index is 1.54. The molecule has 1 aromatic carbocycles. The number of phenolic OH excluding ortho intramolecular Hbond substituents is 1. The number of hydrogen-bond donors (Lipinski definition) is 1. The van der Waals surface area contributed by atoms with Crippen LogP contribution in [0.2, 0.25) is 0 Å². The maximum Gasteiger partial charge on any atom is 0.115 e. The smallest absolute Gasteiger partial charge is 0.115 e. The summed E-state index contributed by atoms with van der Waals surface area (Å²) in [6, 6.07) is 6.14. The number of allylic oxidation sites excluding steroid dienone is 2. The quantitative estimate of drug-likeness (QED) is 0.514. The second-order valence-electron chi connectivity index (χ2n) is 8.74. The lowest BCUT2D eigenvalue weighted by Gasteiger charge is -2.50. The van der Waals surface area contributed by atoms with E-state index >= 15 is 0 Å². The number of benzene rings is 1. The van der Waals surface area contributed by atoms with Gasteiger partial charge in [-0.25, -0.2) is 0 Å². The van der Waals surface area contributed by atoms with Gasteiger partial charge in [-0.05, 0) is 109 Å². The molecule has 5 unspecified atom stereocenters. The average Bonchev–Trinajstić information content (AvgIpc) is 2.95. The molecule has 3 aliphatic carbocycles. The van der Waals surface area contributed by atoms with Crippen LogP contribution < -0.4 is 0 Å². The number of fused-ring (bicyclic) bond motifs is 5. The number of rotatable bonds is 4. The van der Waals surface area contributed by atoms with E-state index < -0.39 is 0 Å². The molecule has 2 saturated carbocycles. The van der Waals surface area contributed by atoms with Crippen LogP contribution in [-0.2, 0) is 6.42 Å². The van der Waals surface area contributed by atoms with Crippen molar-refractivity contribution in [2.45, 2.75) is 57.8 Å². The van der Waals surface area contributed by atoms with Gasteiger partial charge in [-0.2, -0.15) is 11.8 Å². The number of aryl methyl sites for hydroxylation is 1. The lowest BCUT2D eigenvalue weighted by Crippen LogP contribution is -2.41. The fourth-order valence-electron chi connectivity index (χ4n) is 6.37. The zero-order valence-electron chi connectivity index (χ0n) is 15.7. The summed E-state index contributed by atoms with van der Waals surface area (Å²) in [6.45, 7) is 2.59. The molecule has 0 bridgehead atoms. The molecule has 2 heteroatoms. The van der Waals surface area contributed by atoms with Crippen molar-refractivity contribution < 1.29 is 5.11 Å². The SMILES string of the molecule is CSCCC=CC1CCC2C3CCc4cc(O)ccc4C3CCC12C. The van der Waals surface area contributed by atoms with Crippen LogP contribution in [0.3, 0.4) is 0 Å². The predicted molar refractivity (Wildman–Crippen MR) is 108 cm³/mol. The molecule has 0 spiro atoms. The summed E-state index contributed by atoms with van der Waals surface area (Å²) in [5.41, 5.74) is 3.48. The van der Waals surface area contributed by atoms with Gasteiger partial charge >= 0.3 is 0 Å². The van der Waals surface area contributed by atoms with Gasteiger partial charge in [0.15, 0.2) is 0 Å². The molecule has 3 aliphatic rings. The highest BCUT2D eigenvalue weighted by Gasteiger charge is 2.53. The van der Waals surface area contributed by atoms with Gasteiger partial charge < -0.3 is 5.11 Å². The maximum atomic E-state index is 9.82. The number of aromatic hydroxyl groups is 1. The van der Waals surface area contributed by atoms with Crippen LogP contribution in [0, 0.1) is 23.2 Å². The van der Waals surface area contributed by atoms with Crippen molar-refractivity contribution in [1.82, 2.24) is 0 Å². The van der Waals surface area contributed by atoms with E-state index in [0.29, 0.717) is 11.2 Å². The fourth-order valence-corrected chi connectivity index (χ4v) is 6.74. The summed E-state index contributed by atoms with van der Waals surface area (Å²) >= 11 is 1.95. The summed E-state index contributed by atoms with van der Waals surface area (Å²) < 4.78 is 0. The third-order valence-corrected chi connectivity index (χ3v) is 8.28. The highest BCUT2D eigenvalue weighted by molar-refractivity contribution is 7.98. The standard InChI is InChI=1S/C23H32OS/c1-23-13-12-20-19-10-8-18(24)15-16(19)6-9-21(20)22(23)11-7-17(23)5-3-4-14-25-2/h3,5,8,10,15,17,20-22,24H,4,6-7,9,11-14H2,1-2H3. The highest BCUT2D eigenvalue weighted by Crippen LogP contribution is 2.63. The van der Waals surface area contributed by atoms with E-state index in [1.54, 1.807) is 5.56 Å². The Morgan fingerprint density at radius 1 is 1.24 bits per heavy atom. The first-order valence-corrected chi connectivity index (χ1v) is 11.5. The van der Waals surface area contributed by atoms with Crippen molar-refractivity contribution in [3.05, 3.63) is 41.5 Å². The van der Waals surface area contributed by atoms with Gasteiger partial charge in [0.25, 0.3) is 0 Å². The predicted octanol–water partition coefficient (Wildman–Crippen LogP) is 6.17. The lowest BCUT2D eigenvalue weighted by atomic mass is 9.54. The monoisotopic (exact) mass is 356 g/mol. The molecule has 0 aliphatic heterocycles. The zero-order chi connectivity index (χ0) is 17.4. The summed E-state index contributed by atoms with van der Waals surface area (Å²) in [4.78, 5) is 0. The van der Waals surface area contributed by atoms with Crippen LogP contribution in [0.15, 0.2) is 30.4 Å². The second-order valence-corrected chi connectivity index (χ2v) is 9.72. The molecular weight excluding hydrogens is 324 g/mol. The van der Waals surface area contributed by atoms with Crippen molar-refractivity contribution in [2.75, 3.05) is 12.0 Å². The van der Waals surface area contributed by atoms with Gasteiger partial charge in [-0.15, -0.1) is 0 Å². The third-order valence-electron chi connectivity index (χ3n) is 7.64. The van der Waals surface area contributed by atoms with E-state index in [2.05, 4.69) is 31.4 Å². The van der Waals surface area contributed by atoms with Gasteiger partial charge in [0.2, 0.25) is 0 Å². The number of thioether (sulfide) groups is 1. The lowest BCUT2D eigenvalue weighted by molar-refractivity contribution is 0.0409. The highest BCUT2D eigenvalue weighted by atomic mass is 32.2. The Morgan fingerprint density at radius 2 is 2.12 bits per heavy atom. The topological polar surface area (TPSA) is 20.2 Å². The Labute approximate surface area is 157 Å². The second kappa shape index (κ2) is 7.02. The van der Waals surface area contributed by atoms with Gasteiger partial charge in [-0.3, -0.25) is 0 Å². The molecule has 1 N–H and O–H groups in total. The van der Waals surface area contributed by atoms with Crippen LogP contribution in [0.25, 0.3) is 0 Å². The molecule has 0 radical (unpaired) electrons. The van der Waals surface area contributed by atoms with Crippen molar-refractivity contribution >= 4 is 11.8 Å². The summed E-state index contributed by atoms with van der Waals surface area (Å²) in [7, 11) is 0. The molecule has 4 rings (SSSR count). The average molecular weight is 357 g/mol. The molecule has 0 amide bonds. The molecular formula is C23H32OS.